The molecule has 0 fully saturated rings. The predicted molar refractivity (Wildman–Crippen MR) is 82.1 cm³/mol. The molecular weight excluding hydrogens is 252 g/mol. The minimum Gasteiger partial charge on any atom is -0.385 e. The number of hydrogen-bond acceptors (Lipinski definition) is 2. The quantitative estimate of drug-likeness (QED) is 0.779. The van der Waals surface area contributed by atoms with Gasteiger partial charge in [-0.2, -0.15) is 0 Å². The van der Waals surface area contributed by atoms with E-state index in [9.17, 15) is 4.79 Å². The summed E-state index contributed by atoms with van der Waals surface area (Å²) in [5.74, 6) is 0. The molecule has 112 valence electrons. The van der Waals surface area contributed by atoms with Gasteiger partial charge in [0, 0.05) is 33.9 Å². The Kier molecular flexibility index (Phi) is 7.09. The van der Waals surface area contributed by atoms with Crippen molar-refractivity contribution < 1.29 is 9.53 Å². The monoisotopic (exact) mass is 278 g/mol. The van der Waals surface area contributed by atoms with Crippen molar-refractivity contribution in [3.63, 3.8) is 0 Å². The van der Waals surface area contributed by atoms with Crippen molar-refractivity contribution in [1.82, 2.24) is 10.2 Å². The fraction of sp³-hybridized carbons (Fsp3) is 0.562. The van der Waals surface area contributed by atoms with Gasteiger partial charge in [0.15, 0.2) is 0 Å². The van der Waals surface area contributed by atoms with Crippen LogP contribution < -0.4 is 5.32 Å². The van der Waals surface area contributed by atoms with E-state index in [1.165, 1.54) is 16.7 Å². The lowest BCUT2D eigenvalue weighted by molar-refractivity contribution is 0.175. The van der Waals surface area contributed by atoms with Gasteiger partial charge in [0.05, 0.1) is 0 Å². The fourth-order valence-corrected chi connectivity index (χ4v) is 2.11. The van der Waals surface area contributed by atoms with Gasteiger partial charge in [-0.15, -0.1) is 0 Å². The number of rotatable bonds is 7. The lowest BCUT2D eigenvalue weighted by Crippen LogP contribution is -2.39. The summed E-state index contributed by atoms with van der Waals surface area (Å²) in [5.41, 5.74) is 3.85. The smallest absolute Gasteiger partial charge is 0.317 e. The summed E-state index contributed by atoms with van der Waals surface area (Å²) < 4.78 is 4.98. The van der Waals surface area contributed by atoms with E-state index >= 15 is 0 Å². The van der Waals surface area contributed by atoms with Crippen LogP contribution in [0.2, 0.25) is 0 Å². The van der Waals surface area contributed by atoms with Gasteiger partial charge in [0.1, 0.15) is 0 Å². The number of benzene rings is 1. The largest absolute Gasteiger partial charge is 0.385 e. The van der Waals surface area contributed by atoms with Crippen molar-refractivity contribution in [2.45, 2.75) is 26.7 Å². The van der Waals surface area contributed by atoms with Gasteiger partial charge in [0.25, 0.3) is 0 Å². The van der Waals surface area contributed by atoms with Crippen LogP contribution in [0.15, 0.2) is 18.2 Å². The Labute approximate surface area is 122 Å². The third-order valence-electron chi connectivity index (χ3n) is 3.36. The minimum absolute atomic E-state index is 0.0223. The maximum absolute atomic E-state index is 11.8. The van der Waals surface area contributed by atoms with E-state index in [2.05, 4.69) is 37.4 Å². The topological polar surface area (TPSA) is 41.6 Å². The number of carbonyl (C=O) groups excluding carboxylic acids is 1. The van der Waals surface area contributed by atoms with E-state index in [4.69, 9.17) is 4.74 Å². The molecule has 0 aliphatic rings. The molecule has 2 amide bonds. The van der Waals surface area contributed by atoms with Crippen molar-refractivity contribution >= 4 is 6.03 Å². The zero-order valence-corrected chi connectivity index (χ0v) is 13.0. The van der Waals surface area contributed by atoms with Gasteiger partial charge in [-0.3, -0.25) is 0 Å². The number of nitrogens with zero attached hydrogens (tertiary/aromatic N) is 1. The highest BCUT2D eigenvalue weighted by Gasteiger charge is 2.07. The first-order chi connectivity index (χ1) is 9.54. The second-order valence-electron chi connectivity index (χ2n) is 5.18. The summed E-state index contributed by atoms with van der Waals surface area (Å²) in [6.45, 7) is 6.26. The maximum atomic E-state index is 11.8. The number of hydrogen-bond donors (Lipinski definition) is 1. The maximum Gasteiger partial charge on any atom is 0.317 e. The molecule has 0 saturated carbocycles. The molecule has 0 unspecified atom stereocenters. The predicted octanol–water partition coefficient (Wildman–Crippen LogP) is 2.52. The molecule has 0 atom stereocenters. The summed E-state index contributed by atoms with van der Waals surface area (Å²) in [6, 6.07) is 6.40. The van der Waals surface area contributed by atoms with Crippen LogP contribution >= 0.6 is 0 Å². The highest BCUT2D eigenvalue weighted by molar-refractivity contribution is 5.73. The molecule has 1 rings (SSSR count). The van der Waals surface area contributed by atoms with Crippen molar-refractivity contribution in [3.05, 3.63) is 34.9 Å². The van der Waals surface area contributed by atoms with Gasteiger partial charge >= 0.3 is 6.03 Å². The van der Waals surface area contributed by atoms with Crippen LogP contribution in [0.25, 0.3) is 0 Å². The second kappa shape index (κ2) is 8.59. The van der Waals surface area contributed by atoms with Crippen molar-refractivity contribution in [3.8, 4) is 0 Å². The third-order valence-corrected chi connectivity index (χ3v) is 3.36. The Balaban J connectivity index is 2.30. The number of nitrogens with one attached hydrogen (secondary N) is 1. The molecule has 0 aromatic heterocycles. The molecule has 0 aliphatic heterocycles. The van der Waals surface area contributed by atoms with Crippen LogP contribution in [-0.2, 0) is 11.2 Å². The molecule has 0 heterocycles. The molecular formula is C16H26N2O2. The summed E-state index contributed by atoms with van der Waals surface area (Å²) in [6.07, 6.45) is 1.72. The molecule has 0 aliphatic carbocycles. The van der Waals surface area contributed by atoms with Gasteiger partial charge in [0.2, 0.25) is 0 Å². The summed E-state index contributed by atoms with van der Waals surface area (Å²) >= 11 is 0. The van der Waals surface area contributed by atoms with E-state index in [0.29, 0.717) is 19.7 Å². The van der Waals surface area contributed by atoms with Gasteiger partial charge in [-0.05, 0) is 37.8 Å². The SMILES string of the molecule is COCCCN(C)C(=O)NCCc1ccc(C)cc1C. The third kappa shape index (κ3) is 5.61. The first-order valence-electron chi connectivity index (χ1n) is 7.08. The Hall–Kier alpha value is -1.55. The van der Waals surface area contributed by atoms with Gasteiger partial charge in [-0.1, -0.05) is 23.8 Å². The fourth-order valence-electron chi connectivity index (χ4n) is 2.11. The number of ether oxygens (including phenoxy) is 1. The first-order valence-corrected chi connectivity index (χ1v) is 7.08. The van der Waals surface area contributed by atoms with Gasteiger partial charge < -0.3 is 15.0 Å². The van der Waals surface area contributed by atoms with E-state index in [0.717, 1.165) is 12.8 Å². The highest BCUT2D eigenvalue weighted by atomic mass is 16.5. The Bertz CT molecular complexity index is 432. The molecule has 0 saturated heterocycles. The van der Waals surface area contributed by atoms with Crippen LogP contribution in [0, 0.1) is 13.8 Å². The summed E-state index contributed by atoms with van der Waals surface area (Å²) in [5, 5.41) is 2.95. The lowest BCUT2D eigenvalue weighted by atomic mass is 10.0. The van der Waals surface area contributed by atoms with E-state index in [1.54, 1.807) is 12.0 Å². The molecule has 0 radical (unpaired) electrons. The van der Waals surface area contributed by atoms with Crippen LogP contribution in [0.5, 0.6) is 0 Å². The number of urea groups is 1. The average Bonchev–Trinajstić information content (AvgIpc) is 2.41. The van der Waals surface area contributed by atoms with Gasteiger partial charge in [-0.25, -0.2) is 4.79 Å². The standard InChI is InChI=1S/C16H26N2O2/c1-13-6-7-15(14(2)12-13)8-9-17-16(19)18(3)10-5-11-20-4/h6-7,12H,5,8-11H2,1-4H3,(H,17,19). The number of aryl methyl sites for hydroxylation is 2. The van der Waals surface area contributed by atoms with Crippen molar-refractivity contribution in [2.24, 2.45) is 0 Å². The molecule has 4 nitrogen and oxygen atoms in total. The van der Waals surface area contributed by atoms with E-state index in [1.807, 2.05) is 7.05 Å². The summed E-state index contributed by atoms with van der Waals surface area (Å²) in [4.78, 5) is 13.5. The van der Waals surface area contributed by atoms with Crippen molar-refractivity contribution in [2.75, 3.05) is 33.9 Å². The van der Waals surface area contributed by atoms with Crippen LogP contribution in [0.3, 0.4) is 0 Å². The molecule has 4 heteroatoms. The zero-order valence-electron chi connectivity index (χ0n) is 13.0. The number of methoxy groups -OCH3 is 1. The Morgan fingerprint density at radius 2 is 2.10 bits per heavy atom. The van der Waals surface area contributed by atoms with Crippen molar-refractivity contribution in [1.29, 1.82) is 0 Å². The van der Waals surface area contributed by atoms with Crippen LogP contribution in [-0.4, -0.2) is 44.8 Å². The number of carbonyl (C=O) groups is 1. The normalized spacial score (nSPS) is 10.4. The molecule has 0 spiro atoms. The molecule has 1 aromatic carbocycles. The number of amides is 2. The lowest BCUT2D eigenvalue weighted by Gasteiger charge is -2.18. The zero-order chi connectivity index (χ0) is 15.0. The summed E-state index contributed by atoms with van der Waals surface area (Å²) in [7, 11) is 3.48. The first kappa shape index (κ1) is 16.5. The minimum atomic E-state index is -0.0223. The molecule has 1 N–H and O–H groups in total. The molecule has 20 heavy (non-hydrogen) atoms. The Morgan fingerprint density at radius 3 is 2.75 bits per heavy atom. The molecule has 0 bridgehead atoms. The second-order valence-corrected chi connectivity index (χ2v) is 5.18. The average molecular weight is 278 g/mol. The molecule has 1 aromatic rings. The highest BCUT2D eigenvalue weighted by Crippen LogP contribution is 2.10. The van der Waals surface area contributed by atoms with E-state index < -0.39 is 0 Å². The van der Waals surface area contributed by atoms with Crippen LogP contribution in [0.4, 0.5) is 4.79 Å². The van der Waals surface area contributed by atoms with Crippen LogP contribution in [0.1, 0.15) is 23.1 Å². The Morgan fingerprint density at radius 1 is 1.35 bits per heavy atom. The van der Waals surface area contributed by atoms with E-state index in [-0.39, 0.29) is 6.03 Å².